The van der Waals surface area contributed by atoms with Gasteiger partial charge < -0.3 is 5.32 Å². The highest BCUT2D eigenvalue weighted by molar-refractivity contribution is 7.21. The molecule has 0 bridgehead atoms. The summed E-state index contributed by atoms with van der Waals surface area (Å²) >= 11 is 1.50. The van der Waals surface area contributed by atoms with Crippen LogP contribution in [0.1, 0.15) is 27.6 Å². The summed E-state index contributed by atoms with van der Waals surface area (Å²) in [6, 6.07) is 18.1. The van der Waals surface area contributed by atoms with Crippen molar-refractivity contribution in [1.82, 2.24) is 9.97 Å². The molecule has 0 unspecified atom stereocenters. The van der Waals surface area contributed by atoms with E-state index in [1.165, 1.54) is 18.3 Å². The van der Waals surface area contributed by atoms with Crippen LogP contribution in [-0.2, 0) is 0 Å². The topological polar surface area (TPSA) is 72.0 Å². The molecule has 0 spiro atoms. The van der Waals surface area contributed by atoms with Crippen LogP contribution in [-0.4, -0.2) is 21.7 Å². The number of thiazole rings is 1. The first kappa shape index (κ1) is 17.1. The van der Waals surface area contributed by atoms with Crippen LogP contribution in [0.5, 0.6) is 0 Å². The highest BCUT2D eigenvalue weighted by atomic mass is 32.1. The Bertz CT molecular complexity index is 1120. The lowest BCUT2D eigenvalue weighted by atomic mass is 10.1. The molecule has 0 fully saturated rings. The van der Waals surface area contributed by atoms with Crippen molar-refractivity contribution in [1.29, 1.82) is 0 Å². The number of benzene rings is 2. The van der Waals surface area contributed by atoms with Crippen molar-refractivity contribution in [3.8, 4) is 10.7 Å². The monoisotopic (exact) mass is 373 g/mol. The number of carbonyl (C=O) groups excluding carboxylic acids is 2. The SMILES string of the molecule is CC(=O)c1ccc(NC(=O)c2cccnc2-c2nc3ccccc3s2)cc1. The number of carbonyl (C=O) groups is 2. The fraction of sp³-hybridized carbons (Fsp3) is 0.0476. The lowest BCUT2D eigenvalue weighted by molar-refractivity contribution is 0.101. The van der Waals surface area contributed by atoms with E-state index in [9.17, 15) is 9.59 Å². The number of ketones is 1. The highest BCUT2D eigenvalue weighted by Gasteiger charge is 2.17. The Morgan fingerprint density at radius 3 is 2.48 bits per heavy atom. The third kappa shape index (κ3) is 3.47. The molecule has 0 aliphatic carbocycles. The molecule has 0 aliphatic heterocycles. The fourth-order valence-electron chi connectivity index (χ4n) is 2.72. The number of aromatic nitrogens is 2. The van der Waals surface area contributed by atoms with Crippen molar-refractivity contribution in [3.05, 3.63) is 78.0 Å². The van der Waals surface area contributed by atoms with Crippen molar-refractivity contribution in [2.24, 2.45) is 0 Å². The van der Waals surface area contributed by atoms with Crippen LogP contribution in [0.15, 0.2) is 66.9 Å². The maximum Gasteiger partial charge on any atom is 0.257 e. The van der Waals surface area contributed by atoms with Crippen LogP contribution in [0.4, 0.5) is 5.69 Å². The summed E-state index contributed by atoms with van der Waals surface area (Å²) in [4.78, 5) is 33.2. The summed E-state index contributed by atoms with van der Waals surface area (Å²) in [5, 5.41) is 3.56. The molecule has 27 heavy (non-hydrogen) atoms. The first-order valence-electron chi connectivity index (χ1n) is 8.35. The van der Waals surface area contributed by atoms with Crippen LogP contribution < -0.4 is 5.32 Å². The predicted octanol–water partition coefficient (Wildman–Crippen LogP) is 4.81. The summed E-state index contributed by atoms with van der Waals surface area (Å²) in [5.41, 5.74) is 3.10. The van der Waals surface area contributed by atoms with Crippen molar-refractivity contribution in [3.63, 3.8) is 0 Å². The van der Waals surface area contributed by atoms with Gasteiger partial charge >= 0.3 is 0 Å². The number of anilines is 1. The molecule has 2 heterocycles. The van der Waals surface area contributed by atoms with Crippen molar-refractivity contribution in [2.75, 3.05) is 5.32 Å². The van der Waals surface area contributed by atoms with E-state index < -0.39 is 0 Å². The maximum absolute atomic E-state index is 12.8. The number of nitrogens with one attached hydrogen (secondary N) is 1. The summed E-state index contributed by atoms with van der Waals surface area (Å²) in [6.45, 7) is 1.51. The second-order valence-electron chi connectivity index (χ2n) is 5.97. The van der Waals surface area contributed by atoms with E-state index in [-0.39, 0.29) is 11.7 Å². The van der Waals surface area contributed by atoms with Crippen LogP contribution in [0.2, 0.25) is 0 Å². The number of fused-ring (bicyclic) bond motifs is 1. The number of hydrogen-bond donors (Lipinski definition) is 1. The fourth-order valence-corrected chi connectivity index (χ4v) is 3.70. The van der Waals surface area contributed by atoms with E-state index in [4.69, 9.17) is 0 Å². The molecule has 0 saturated heterocycles. The summed E-state index contributed by atoms with van der Waals surface area (Å²) in [7, 11) is 0. The quantitative estimate of drug-likeness (QED) is 0.521. The molecule has 2 aromatic carbocycles. The molecule has 0 aliphatic rings. The Labute approximate surface area is 159 Å². The van der Waals surface area contributed by atoms with Crippen molar-refractivity contribution >= 4 is 38.9 Å². The van der Waals surface area contributed by atoms with E-state index in [1.54, 1.807) is 42.6 Å². The molecule has 1 amide bonds. The zero-order valence-corrected chi connectivity index (χ0v) is 15.3. The largest absolute Gasteiger partial charge is 0.322 e. The number of para-hydroxylation sites is 1. The molecule has 6 heteroatoms. The summed E-state index contributed by atoms with van der Waals surface area (Å²) < 4.78 is 1.05. The Hall–Kier alpha value is -3.38. The second-order valence-corrected chi connectivity index (χ2v) is 7.00. The highest BCUT2D eigenvalue weighted by Crippen LogP contribution is 2.31. The molecule has 1 N–H and O–H groups in total. The average molecular weight is 373 g/mol. The minimum absolute atomic E-state index is 0.0155. The van der Waals surface area contributed by atoms with Crippen LogP contribution in [0.25, 0.3) is 20.9 Å². The third-order valence-electron chi connectivity index (χ3n) is 4.10. The van der Waals surface area contributed by atoms with Gasteiger partial charge in [-0.2, -0.15) is 0 Å². The Balaban J connectivity index is 1.65. The minimum Gasteiger partial charge on any atom is -0.322 e. The Morgan fingerprint density at radius 2 is 1.74 bits per heavy atom. The van der Waals surface area contributed by atoms with E-state index in [2.05, 4.69) is 15.3 Å². The van der Waals surface area contributed by atoms with Gasteiger partial charge in [0, 0.05) is 17.4 Å². The first-order chi connectivity index (χ1) is 13.1. The third-order valence-corrected chi connectivity index (χ3v) is 5.14. The van der Waals surface area contributed by atoms with Crippen molar-refractivity contribution < 1.29 is 9.59 Å². The van der Waals surface area contributed by atoms with Gasteiger partial charge in [0.1, 0.15) is 10.7 Å². The van der Waals surface area contributed by atoms with Gasteiger partial charge in [0.15, 0.2) is 5.78 Å². The number of hydrogen-bond acceptors (Lipinski definition) is 5. The Kier molecular flexibility index (Phi) is 4.48. The summed E-state index contributed by atoms with van der Waals surface area (Å²) in [5.74, 6) is -0.286. The molecule has 4 aromatic rings. The molecule has 2 aromatic heterocycles. The number of amides is 1. The zero-order chi connectivity index (χ0) is 18.8. The standard InChI is InChI=1S/C21H15N3O2S/c1-13(25)14-8-10-15(11-9-14)23-20(26)16-5-4-12-22-19(16)21-24-17-6-2-3-7-18(17)27-21/h2-12H,1H3,(H,23,26). The number of rotatable bonds is 4. The Morgan fingerprint density at radius 1 is 0.963 bits per heavy atom. The molecule has 0 radical (unpaired) electrons. The van der Waals surface area contributed by atoms with Gasteiger partial charge in [-0.25, -0.2) is 4.98 Å². The first-order valence-corrected chi connectivity index (χ1v) is 9.17. The zero-order valence-electron chi connectivity index (χ0n) is 14.5. The molecule has 132 valence electrons. The van der Waals surface area contributed by atoms with E-state index in [0.29, 0.717) is 27.5 Å². The second kappa shape index (κ2) is 7.09. The van der Waals surface area contributed by atoms with E-state index in [0.717, 1.165) is 10.2 Å². The van der Waals surface area contributed by atoms with Crippen LogP contribution >= 0.6 is 11.3 Å². The van der Waals surface area contributed by atoms with Gasteiger partial charge in [0.05, 0.1) is 15.8 Å². The smallest absolute Gasteiger partial charge is 0.257 e. The van der Waals surface area contributed by atoms with Crippen LogP contribution in [0.3, 0.4) is 0 Å². The normalized spacial score (nSPS) is 10.7. The van der Waals surface area contributed by atoms with Gasteiger partial charge in [-0.3, -0.25) is 14.6 Å². The summed E-state index contributed by atoms with van der Waals surface area (Å²) in [6.07, 6.45) is 1.65. The lowest BCUT2D eigenvalue weighted by Gasteiger charge is -2.08. The van der Waals surface area contributed by atoms with Crippen molar-refractivity contribution in [2.45, 2.75) is 6.92 Å². The maximum atomic E-state index is 12.8. The van der Waals surface area contributed by atoms with Crippen LogP contribution in [0, 0.1) is 0 Å². The lowest BCUT2D eigenvalue weighted by Crippen LogP contribution is -2.13. The van der Waals surface area contributed by atoms with E-state index in [1.807, 2.05) is 24.3 Å². The molecule has 4 rings (SSSR count). The van der Waals surface area contributed by atoms with Gasteiger partial charge in [-0.1, -0.05) is 12.1 Å². The predicted molar refractivity (Wildman–Crippen MR) is 107 cm³/mol. The molecular weight excluding hydrogens is 358 g/mol. The molecule has 5 nitrogen and oxygen atoms in total. The molecular formula is C21H15N3O2S. The van der Waals surface area contributed by atoms with Gasteiger partial charge in [-0.15, -0.1) is 11.3 Å². The minimum atomic E-state index is -0.270. The van der Waals surface area contributed by atoms with Gasteiger partial charge in [0.25, 0.3) is 5.91 Å². The molecule has 0 saturated carbocycles. The average Bonchev–Trinajstić information content (AvgIpc) is 3.12. The van der Waals surface area contributed by atoms with E-state index >= 15 is 0 Å². The van der Waals surface area contributed by atoms with Gasteiger partial charge in [0.2, 0.25) is 0 Å². The van der Waals surface area contributed by atoms with Gasteiger partial charge in [-0.05, 0) is 55.5 Å². The number of nitrogens with zero attached hydrogens (tertiary/aromatic N) is 2. The number of Topliss-reactive ketones (excluding diaryl/α,β-unsaturated/α-hetero) is 1. The number of pyridine rings is 1. The molecule has 0 atom stereocenters.